The topological polar surface area (TPSA) is 44.5 Å². The average Bonchev–Trinajstić information content (AvgIpc) is 2.98. The fourth-order valence-corrected chi connectivity index (χ4v) is 4.20. The molecule has 0 saturated heterocycles. The van der Waals surface area contributed by atoms with Gasteiger partial charge in [-0.05, 0) is 42.6 Å². The van der Waals surface area contributed by atoms with Gasteiger partial charge in [0.2, 0.25) is 0 Å². The van der Waals surface area contributed by atoms with Crippen LogP contribution in [0.2, 0.25) is 5.02 Å². The summed E-state index contributed by atoms with van der Waals surface area (Å²) in [7, 11) is 0. The zero-order valence-electron chi connectivity index (χ0n) is 13.6. The first-order valence-corrected chi connectivity index (χ1v) is 9.49. The minimum atomic E-state index is 0.574. The van der Waals surface area contributed by atoms with Gasteiger partial charge in [0.15, 0.2) is 0 Å². The Labute approximate surface area is 156 Å². The van der Waals surface area contributed by atoms with Crippen molar-refractivity contribution < 1.29 is 9.47 Å². The molecule has 0 unspecified atom stereocenters. The quantitative estimate of drug-likeness (QED) is 0.457. The lowest BCUT2D eigenvalue weighted by Gasteiger charge is -2.10. The van der Waals surface area contributed by atoms with Crippen LogP contribution in [-0.4, -0.2) is 13.2 Å². The highest BCUT2D eigenvalue weighted by Crippen LogP contribution is 2.50. The van der Waals surface area contributed by atoms with Gasteiger partial charge in [0.1, 0.15) is 11.5 Å². The zero-order valence-corrected chi connectivity index (χ0v) is 15.2. The summed E-state index contributed by atoms with van der Waals surface area (Å²) in [5.74, 6) is 1.68. The number of hydrogen-bond acceptors (Lipinski definition) is 4. The summed E-state index contributed by atoms with van der Waals surface area (Å²) < 4.78 is 12.0. The van der Waals surface area contributed by atoms with Gasteiger partial charge in [-0.3, -0.25) is 0 Å². The highest BCUT2D eigenvalue weighted by atomic mass is 35.5. The molecule has 2 N–H and O–H groups in total. The van der Waals surface area contributed by atoms with Crippen LogP contribution in [0, 0.1) is 0 Å². The minimum Gasteiger partial charge on any atom is -0.456 e. The molecule has 4 rings (SSSR count). The maximum atomic E-state index is 6.24. The van der Waals surface area contributed by atoms with E-state index in [-0.39, 0.29) is 0 Å². The molecule has 0 bridgehead atoms. The number of benzene rings is 2. The van der Waals surface area contributed by atoms with Gasteiger partial charge < -0.3 is 15.2 Å². The van der Waals surface area contributed by atoms with E-state index in [2.05, 4.69) is 11.4 Å². The maximum absolute atomic E-state index is 6.24. The normalized spacial score (nSPS) is 11.9. The summed E-state index contributed by atoms with van der Waals surface area (Å²) in [5.41, 5.74) is 9.97. The van der Waals surface area contributed by atoms with Gasteiger partial charge >= 0.3 is 0 Å². The molecule has 0 amide bonds. The predicted molar refractivity (Wildman–Crippen MR) is 104 cm³/mol. The highest BCUT2D eigenvalue weighted by molar-refractivity contribution is 7.11. The molecule has 0 fully saturated rings. The monoisotopic (exact) mass is 371 g/mol. The van der Waals surface area contributed by atoms with E-state index in [1.807, 2.05) is 36.4 Å². The summed E-state index contributed by atoms with van der Waals surface area (Å²) in [4.78, 5) is 1.19. The molecule has 0 saturated carbocycles. The fourth-order valence-electron chi connectivity index (χ4n) is 3.03. The maximum Gasteiger partial charge on any atom is 0.135 e. The number of para-hydroxylation sites is 1. The van der Waals surface area contributed by atoms with Gasteiger partial charge in [-0.15, -0.1) is 11.3 Å². The van der Waals surface area contributed by atoms with Crippen LogP contribution in [0.3, 0.4) is 0 Å². The third kappa shape index (κ3) is 3.18. The van der Waals surface area contributed by atoms with E-state index < -0.39 is 0 Å². The highest BCUT2D eigenvalue weighted by Gasteiger charge is 2.24. The molecule has 1 aliphatic rings. The molecule has 5 heteroatoms. The molecular weight excluding hydrogens is 354 g/mol. The molecular formula is C20H18ClNO2S. The SMILES string of the molecule is NCCCOCc1scc2c1-c1ccccc1Oc1ccc(Cl)cc1-2. The number of halogens is 1. The van der Waals surface area contributed by atoms with Crippen LogP contribution in [-0.2, 0) is 11.3 Å². The third-order valence-electron chi connectivity index (χ3n) is 4.20. The van der Waals surface area contributed by atoms with E-state index in [9.17, 15) is 0 Å². The molecule has 3 aromatic rings. The molecule has 128 valence electrons. The molecule has 0 spiro atoms. The van der Waals surface area contributed by atoms with Crippen LogP contribution in [0.1, 0.15) is 11.3 Å². The fraction of sp³-hybridized carbons (Fsp3) is 0.200. The summed E-state index contributed by atoms with van der Waals surface area (Å²) >= 11 is 7.95. The van der Waals surface area contributed by atoms with Gasteiger partial charge in [-0.25, -0.2) is 0 Å². The first-order chi connectivity index (χ1) is 12.3. The molecule has 2 heterocycles. The Morgan fingerprint density at radius 2 is 1.88 bits per heavy atom. The number of nitrogens with two attached hydrogens (primary N) is 1. The Kier molecular flexibility index (Phi) is 4.77. The van der Waals surface area contributed by atoms with Crippen LogP contribution in [0.25, 0.3) is 22.3 Å². The van der Waals surface area contributed by atoms with E-state index >= 15 is 0 Å². The van der Waals surface area contributed by atoms with Gasteiger partial charge in [-0.2, -0.15) is 0 Å². The van der Waals surface area contributed by atoms with Gasteiger partial charge in [-0.1, -0.05) is 29.8 Å². The first kappa shape index (κ1) is 16.6. The van der Waals surface area contributed by atoms with Crippen LogP contribution in [0.15, 0.2) is 47.8 Å². The summed E-state index contributed by atoms with van der Waals surface area (Å²) in [6.07, 6.45) is 0.867. The lowest BCUT2D eigenvalue weighted by Crippen LogP contribution is -2.04. The molecule has 0 radical (unpaired) electrons. The first-order valence-electron chi connectivity index (χ1n) is 8.23. The van der Waals surface area contributed by atoms with Crippen LogP contribution in [0.4, 0.5) is 0 Å². The molecule has 1 aromatic heterocycles. The second-order valence-corrected chi connectivity index (χ2v) is 7.28. The van der Waals surface area contributed by atoms with Crippen LogP contribution >= 0.6 is 22.9 Å². The third-order valence-corrected chi connectivity index (χ3v) is 5.40. The van der Waals surface area contributed by atoms with Crippen molar-refractivity contribution in [2.75, 3.05) is 13.2 Å². The zero-order chi connectivity index (χ0) is 17.2. The number of hydrogen-bond donors (Lipinski definition) is 1. The standard InChI is InChI=1S/C20H18ClNO2S/c21-13-6-7-18-15(10-13)16-12-25-19(11-23-9-3-8-22)20(16)14-4-1-2-5-17(14)24-18/h1-2,4-7,10,12H,3,8-9,11,22H2. The van der Waals surface area contributed by atoms with Gasteiger partial charge in [0.25, 0.3) is 0 Å². The number of rotatable bonds is 5. The van der Waals surface area contributed by atoms with Crippen LogP contribution < -0.4 is 10.5 Å². The lowest BCUT2D eigenvalue weighted by molar-refractivity contribution is 0.122. The Hall–Kier alpha value is -1.85. The van der Waals surface area contributed by atoms with E-state index in [0.29, 0.717) is 24.8 Å². The van der Waals surface area contributed by atoms with Crippen molar-refractivity contribution in [1.82, 2.24) is 0 Å². The smallest absolute Gasteiger partial charge is 0.135 e. The summed E-state index contributed by atoms with van der Waals surface area (Å²) in [5, 5.41) is 2.86. The number of fused-ring (bicyclic) bond motifs is 5. The summed E-state index contributed by atoms with van der Waals surface area (Å²) in [6.45, 7) is 1.89. The predicted octanol–water partition coefficient (Wildman–Crippen LogP) is 5.71. The summed E-state index contributed by atoms with van der Waals surface area (Å²) in [6, 6.07) is 13.9. The van der Waals surface area contributed by atoms with Gasteiger partial charge in [0, 0.05) is 38.8 Å². The van der Waals surface area contributed by atoms with Crippen molar-refractivity contribution in [3.05, 3.63) is 57.7 Å². The average molecular weight is 372 g/mol. The Morgan fingerprint density at radius 1 is 1.04 bits per heavy atom. The Balaban J connectivity index is 1.83. The van der Waals surface area contributed by atoms with Crippen LogP contribution in [0.5, 0.6) is 11.5 Å². The van der Waals surface area contributed by atoms with E-state index in [1.54, 1.807) is 11.3 Å². The van der Waals surface area contributed by atoms with E-state index in [1.165, 1.54) is 10.4 Å². The minimum absolute atomic E-state index is 0.574. The molecule has 2 aromatic carbocycles. The van der Waals surface area contributed by atoms with Crippen molar-refractivity contribution in [1.29, 1.82) is 0 Å². The van der Waals surface area contributed by atoms with Crippen molar-refractivity contribution >= 4 is 22.9 Å². The second-order valence-electron chi connectivity index (χ2n) is 5.88. The van der Waals surface area contributed by atoms with E-state index in [0.717, 1.165) is 34.6 Å². The van der Waals surface area contributed by atoms with Gasteiger partial charge in [0.05, 0.1) is 6.61 Å². The Morgan fingerprint density at radius 3 is 2.76 bits per heavy atom. The van der Waals surface area contributed by atoms with Crippen molar-refractivity contribution in [3.63, 3.8) is 0 Å². The number of thiophene rings is 1. The van der Waals surface area contributed by atoms with Crippen molar-refractivity contribution in [2.24, 2.45) is 5.73 Å². The van der Waals surface area contributed by atoms with Crippen molar-refractivity contribution in [3.8, 4) is 33.8 Å². The van der Waals surface area contributed by atoms with E-state index in [4.69, 9.17) is 26.8 Å². The van der Waals surface area contributed by atoms with Crippen molar-refractivity contribution in [2.45, 2.75) is 13.0 Å². The molecule has 3 nitrogen and oxygen atoms in total. The molecule has 25 heavy (non-hydrogen) atoms. The molecule has 0 atom stereocenters. The largest absolute Gasteiger partial charge is 0.456 e. The molecule has 1 aliphatic heterocycles. The number of ether oxygens (including phenoxy) is 2. The Bertz CT molecular complexity index is 906. The molecule has 0 aliphatic carbocycles. The lowest BCUT2D eigenvalue weighted by atomic mass is 9.97. The second kappa shape index (κ2) is 7.18.